The molecule has 4 rings (SSSR count). The Morgan fingerprint density at radius 1 is 1.19 bits per heavy atom. The number of aromatic nitrogens is 3. The van der Waals surface area contributed by atoms with E-state index in [-0.39, 0.29) is 18.2 Å². The zero-order valence-corrected chi connectivity index (χ0v) is 14.3. The van der Waals surface area contributed by atoms with Gasteiger partial charge in [0, 0.05) is 11.3 Å². The molecule has 0 radical (unpaired) electrons. The van der Waals surface area contributed by atoms with E-state index in [0.29, 0.717) is 6.54 Å². The molecule has 0 unspecified atom stereocenters. The number of para-hydroxylation sites is 2. The molecule has 7 nitrogen and oxygen atoms in total. The molecule has 132 valence electrons. The summed E-state index contributed by atoms with van der Waals surface area (Å²) in [6, 6.07) is 14.9. The molecule has 0 spiro atoms. The Morgan fingerprint density at radius 2 is 2.00 bits per heavy atom. The van der Waals surface area contributed by atoms with E-state index in [1.54, 1.807) is 11.0 Å². The molecule has 3 aromatic rings. The Labute approximate surface area is 151 Å². The van der Waals surface area contributed by atoms with Crippen LogP contribution in [0.5, 0.6) is 5.75 Å². The number of hydrogen-bond acceptors (Lipinski definition) is 4. The molecule has 0 saturated heterocycles. The Bertz CT molecular complexity index is 910. The summed E-state index contributed by atoms with van der Waals surface area (Å²) in [7, 11) is 0. The summed E-state index contributed by atoms with van der Waals surface area (Å²) < 4.78 is 7.51. The van der Waals surface area contributed by atoms with Crippen LogP contribution in [0.15, 0.2) is 61.2 Å². The molecule has 2 amide bonds. The number of amides is 2. The van der Waals surface area contributed by atoms with E-state index in [2.05, 4.69) is 20.7 Å². The second-order valence-electron chi connectivity index (χ2n) is 6.19. The number of nitrogens with one attached hydrogen (secondary N) is 2. The maximum absolute atomic E-state index is 12.6. The lowest BCUT2D eigenvalue weighted by atomic mass is 10.1. The van der Waals surface area contributed by atoms with Crippen molar-refractivity contribution in [3.8, 4) is 5.75 Å². The molecule has 0 aliphatic carbocycles. The fourth-order valence-electron chi connectivity index (χ4n) is 3.13. The summed E-state index contributed by atoms with van der Waals surface area (Å²) in [5.41, 5.74) is 2.68. The van der Waals surface area contributed by atoms with Crippen LogP contribution in [0, 0.1) is 0 Å². The van der Waals surface area contributed by atoms with Crippen LogP contribution in [0.3, 0.4) is 0 Å². The zero-order chi connectivity index (χ0) is 17.9. The highest BCUT2D eigenvalue weighted by molar-refractivity contribution is 5.90. The van der Waals surface area contributed by atoms with E-state index in [4.69, 9.17) is 4.74 Å². The van der Waals surface area contributed by atoms with E-state index in [1.165, 1.54) is 6.33 Å². The predicted molar refractivity (Wildman–Crippen MR) is 97.0 cm³/mol. The molecule has 2 heterocycles. The van der Waals surface area contributed by atoms with Gasteiger partial charge < -0.3 is 15.4 Å². The second-order valence-corrected chi connectivity index (χ2v) is 6.19. The highest BCUT2D eigenvalue weighted by Crippen LogP contribution is 2.36. The van der Waals surface area contributed by atoms with Gasteiger partial charge in [-0.2, -0.15) is 5.10 Å². The van der Waals surface area contributed by atoms with Crippen LogP contribution in [0.1, 0.15) is 24.1 Å². The van der Waals surface area contributed by atoms with E-state index in [1.807, 2.05) is 55.5 Å². The van der Waals surface area contributed by atoms with Crippen molar-refractivity contribution < 1.29 is 9.53 Å². The fourth-order valence-corrected chi connectivity index (χ4v) is 3.13. The fraction of sp³-hybridized carbons (Fsp3) is 0.211. The largest absolute Gasteiger partial charge is 0.488 e. The highest BCUT2D eigenvalue weighted by atomic mass is 16.5. The van der Waals surface area contributed by atoms with E-state index in [9.17, 15) is 4.79 Å². The first-order valence-electron chi connectivity index (χ1n) is 8.44. The summed E-state index contributed by atoms with van der Waals surface area (Å²) in [5.74, 6) is 0.817. The summed E-state index contributed by atoms with van der Waals surface area (Å²) in [4.78, 5) is 16.5. The van der Waals surface area contributed by atoms with Crippen molar-refractivity contribution in [1.82, 2.24) is 20.1 Å². The second kappa shape index (κ2) is 6.87. The number of carbonyl (C=O) groups is 1. The maximum Gasteiger partial charge on any atom is 0.319 e. The summed E-state index contributed by atoms with van der Waals surface area (Å²) in [6.07, 6.45) is 3.01. The van der Waals surface area contributed by atoms with Crippen molar-refractivity contribution in [3.05, 3.63) is 72.3 Å². The predicted octanol–water partition coefficient (Wildman–Crippen LogP) is 2.97. The van der Waals surface area contributed by atoms with Gasteiger partial charge >= 0.3 is 6.03 Å². The number of benzene rings is 2. The molecule has 2 N–H and O–H groups in total. The minimum atomic E-state index is -0.270. The molecule has 1 aliphatic rings. The minimum Gasteiger partial charge on any atom is -0.488 e. The lowest BCUT2D eigenvalue weighted by molar-refractivity contribution is 0.204. The third kappa shape index (κ3) is 3.23. The van der Waals surface area contributed by atoms with Crippen LogP contribution in [0.25, 0.3) is 0 Å². The third-order valence-corrected chi connectivity index (χ3v) is 4.39. The van der Waals surface area contributed by atoms with Crippen LogP contribution < -0.4 is 15.4 Å². The number of urea groups is 1. The smallest absolute Gasteiger partial charge is 0.319 e. The lowest BCUT2D eigenvalue weighted by Crippen LogP contribution is -2.37. The van der Waals surface area contributed by atoms with Crippen molar-refractivity contribution in [2.45, 2.75) is 25.6 Å². The van der Waals surface area contributed by atoms with Gasteiger partial charge in [0.25, 0.3) is 0 Å². The van der Waals surface area contributed by atoms with Crippen molar-refractivity contribution in [1.29, 1.82) is 0 Å². The number of nitrogens with zero attached hydrogens (tertiary/aromatic N) is 3. The van der Waals surface area contributed by atoms with Crippen molar-refractivity contribution in [2.75, 3.05) is 5.32 Å². The SMILES string of the molecule is C[C@H]1Oc2ccccc2[C@H]1NC(=O)Nc1ccccc1Cn1cncn1. The number of anilines is 1. The average molecular weight is 349 g/mol. The number of fused-ring (bicyclic) bond motifs is 1. The van der Waals surface area contributed by atoms with E-state index in [0.717, 1.165) is 22.6 Å². The van der Waals surface area contributed by atoms with Crippen LogP contribution >= 0.6 is 0 Å². The molecule has 7 heteroatoms. The van der Waals surface area contributed by atoms with Gasteiger partial charge in [0.1, 0.15) is 24.5 Å². The van der Waals surface area contributed by atoms with Crippen LogP contribution in [-0.2, 0) is 6.54 Å². The minimum absolute atomic E-state index is 0.122. The molecular weight excluding hydrogens is 330 g/mol. The van der Waals surface area contributed by atoms with Crippen molar-refractivity contribution in [2.24, 2.45) is 0 Å². The number of rotatable bonds is 4. The molecular formula is C19H19N5O2. The first-order valence-corrected chi connectivity index (χ1v) is 8.44. The van der Waals surface area contributed by atoms with Gasteiger partial charge in [0.05, 0.1) is 12.6 Å². The average Bonchev–Trinajstić information content (AvgIpc) is 3.25. The van der Waals surface area contributed by atoms with E-state index >= 15 is 0 Å². The van der Waals surface area contributed by atoms with Gasteiger partial charge in [-0.05, 0) is 24.6 Å². The first kappa shape index (κ1) is 16.1. The van der Waals surface area contributed by atoms with Gasteiger partial charge in [0.2, 0.25) is 0 Å². The standard InChI is InChI=1S/C19H19N5O2/c1-13-18(15-7-3-5-9-17(15)26-13)23-19(25)22-16-8-4-2-6-14(16)10-24-12-20-11-21-24/h2-9,11-13,18H,10H2,1H3,(H2,22,23,25)/t13-,18+/m1/s1. The first-order chi connectivity index (χ1) is 12.7. The van der Waals surface area contributed by atoms with Gasteiger partial charge in [0.15, 0.2) is 0 Å². The Morgan fingerprint density at radius 3 is 2.85 bits per heavy atom. The van der Waals surface area contributed by atoms with Crippen molar-refractivity contribution >= 4 is 11.7 Å². The molecule has 0 saturated carbocycles. The third-order valence-electron chi connectivity index (χ3n) is 4.39. The topological polar surface area (TPSA) is 81.1 Å². The number of ether oxygens (including phenoxy) is 1. The summed E-state index contributed by atoms with van der Waals surface area (Å²) in [6.45, 7) is 2.48. The van der Waals surface area contributed by atoms with Crippen LogP contribution in [0.4, 0.5) is 10.5 Å². The maximum atomic E-state index is 12.6. The molecule has 1 aromatic heterocycles. The van der Waals surface area contributed by atoms with E-state index < -0.39 is 0 Å². The quantitative estimate of drug-likeness (QED) is 0.759. The lowest BCUT2D eigenvalue weighted by Gasteiger charge is -2.18. The number of carbonyl (C=O) groups excluding carboxylic acids is 1. The molecule has 1 aliphatic heterocycles. The van der Waals surface area contributed by atoms with Crippen LogP contribution in [0.2, 0.25) is 0 Å². The molecule has 0 bridgehead atoms. The molecule has 2 atom stereocenters. The molecule has 2 aromatic carbocycles. The monoisotopic (exact) mass is 349 g/mol. The van der Waals surface area contributed by atoms with Gasteiger partial charge in [-0.1, -0.05) is 36.4 Å². The molecule has 26 heavy (non-hydrogen) atoms. The summed E-state index contributed by atoms with van der Waals surface area (Å²) in [5, 5.41) is 10.1. The van der Waals surface area contributed by atoms with Crippen molar-refractivity contribution in [3.63, 3.8) is 0 Å². The highest BCUT2D eigenvalue weighted by Gasteiger charge is 2.32. The normalized spacial score (nSPS) is 18.0. The number of hydrogen-bond donors (Lipinski definition) is 2. The van der Waals surface area contributed by atoms with Gasteiger partial charge in [-0.3, -0.25) is 0 Å². The van der Waals surface area contributed by atoms with Gasteiger partial charge in [-0.15, -0.1) is 0 Å². The van der Waals surface area contributed by atoms with Crippen LogP contribution in [-0.4, -0.2) is 26.9 Å². The Hall–Kier alpha value is -3.35. The zero-order valence-electron chi connectivity index (χ0n) is 14.3. The summed E-state index contributed by atoms with van der Waals surface area (Å²) >= 11 is 0. The Kier molecular flexibility index (Phi) is 4.27. The Balaban J connectivity index is 1.47. The van der Waals surface area contributed by atoms with Gasteiger partial charge in [-0.25, -0.2) is 14.5 Å². The molecule has 0 fully saturated rings.